The van der Waals surface area contributed by atoms with Crippen LogP contribution in [0.4, 0.5) is 0 Å². The highest BCUT2D eigenvalue weighted by atomic mass is 16.2. The number of nitrogens with one attached hydrogen (secondary N) is 1. The largest absolute Gasteiger partial charge is 0.343 e. The predicted molar refractivity (Wildman–Crippen MR) is 58.1 cm³/mol. The van der Waals surface area contributed by atoms with Gasteiger partial charge in [0.05, 0.1) is 5.92 Å². The van der Waals surface area contributed by atoms with Crippen LogP contribution in [0, 0.1) is 5.92 Å². The lowest BCUT2D eigenvalue weighted by Crippen LogP contribution is -2.43. The van der Waals surface area contributed by atoms with Crippen molar-refractivity contribution in [1.29, 1.82) is 0 Å². The first-order valence-corrected chi connectivity index (χ1v) is 5.79. The van der Waals surface area contributed by atoms with E-state index in [0.717, 1.165) is 45.4 Å². The monoisotopic (exact) mass is 198 g/mol. The van der Waals surface area contributed by atoms with Crippen LogP contribution in [0.5, 0.6) is 0 Å². The van der Waals surface area contributed by atoms with Crippen molar-refractivity contribution < 1.29 is 4.79 Å². The molecule has 1 aliphatic rings. The van der Waals surface area contributed by atoms with Gasteiger partial charge in [0, 0.05) is 19.6 Å². The molecule has 0 aromatic carbocycles. The summed E-state index contributed by atoms with van der Waals surface area (Å²) in [6.07, 6.45) is 3.26. The highest BCUT2D eigenvalue weighted by Crippen LogP contribution is 2.13. The van der Waals surface area contributed by atoms with E-state index >= 15 is 0 Å². The summed E-state index contributed by atoms with van der Waals surface area (Å²) in [6.45, 7) is 7.89. The summed E-state index contributed by atoms with van der Waals surface area (Å²) in [5.74, 6) is 0.580. The van der Waals surface area contributed by atoms with Crippen LogP contribution >= 0.6 is 0 Å². The fraction of sp³-hybridized carbons (Fsp3) is 0.909. The Labute approximate surface area is 86.9 Å². The van der Waals surface area contributed by atoms with Gasteiger partial charge in [-0.25, -0.2) is 0 Å². The third-order valence-corrected chi connectivity index (χ3v) is 2.83. The summed E-state index contributed by atoms with van der Waals surface area (Å²) >= 11 is 0. The van der Waals surface area contributed by atoms with Crippen molar-refractivity contribution >= 4 is 5.91 Å². The Bertz CT molecular complexity index is 169. The van der Waals surface area contributed by atoms with Crippen molar-refractivity contribution in [1.82, 2.24) is 10.2 Å². The van der Waals surface area contributed by atoms with Gasteiger partial charge in [-0.1, -0.05) is 6.92 Å². The summed E-state index contributed by atoms with van der Waals surface area (Å²) in [4.78, 5) is 14.0. The minimum atomic E-state index is 0.232. The number of piperidine rings is 1. The molecule has 14 heavy (non-hydrogen) atoms. The summed E-state index contributed by atoms with van der Waals surface area (Å²) in [5, 5.41) is 3.29. The van der Waals surface area contributed by atoms with Gasteiger partial charge in [0.2, 0.25) is 5.91 Å². The molecule has 0 spiro atoms. The molecule has 0 aliphatic carbocycles. The first-order valence-electron chi connectivity index (χ1n) is 5.79. The highest BCUT2D eigenvalue weighted by molar-refractivity contribution is 5.79. The van der Waals surface area contributed by atoms with Gasteiger partial charge >= 0.3 is 0 Å². The van der Waals surface area contributed by atoms with Gasteiger partial charge in [0.25, 0.3) is 0 Å². The molecule has 0 radical (unpaired) electrons. The van der Waals surface area contributed by atoms with E-state index < -0.39 is 0 Å². The van der Waals surface area contributed by atoms with Gasteiger partial charge in [-0.3, -0.25) is 4.79 Å². The van der Waals surface area contributed by atoms with Gasteiger partial charge in [-0.05, 0) is 32.7 Å². The lowest BCUT2D eigenvalue weighted by molar-refractivity contribution is -0.135. The second-order valence-corrected chi connectivity index (χ2v) is 3.96. The fourth-order valence-electron chi connectivity index (χ4n) is 2.01. The molecule has 3 nitrogen and oxygen atoms in total. The molecule has 0 aromatic heterocycles. The summed E-state index contributed by atoms with van der Waals surface area (Å²) in [5.41, 5.74) is 0. The van der Waals surface area contributed by atoms with E-state index in [1.165, 1.54) is 0 Å². The SMILES string of the molecule is CCCN(CC)C(=O)C1CCCNC1. The Morgan fingerprint density at radius 1 is 1.50 bits per heavy atom. The molecule has 0 saturated carbocycles. The maximum atomic E-state index is 12.0. The minimum Gasteiger partial charge on any atom is -0.343 e. The number of nitrogens with zero attached hydrogens (tertiary/aromatic N) is 1. The first-order chi connectivity index (χ1) is 6.79. The van der Waals surface area contributed by atoms with E-state index in [2.05, 4.69) is 19.2 Å². The molecular weight excluding hydrogens is 176 g/mol. The normalized spacial score (nSPS) is 22.0. The third kappa shape index (κ3) is 2.98. The lowest BCUT2D eigenvalue weighted by atomic mass is 9.98. The lowest BCUT2D eigenvalue weighted by Gasteiger charge is -2.28. The van der Waals surface area contributed by atoms with Gasteiger partial charge < -0.3 is 10.2 Å². The summed E-state index contributed by atoms with van der Waals surface area (Å²) < 4.78 is 0. The predicted octanol–water partition coefficient (Wildman–Crippen LogP) is 1.24. The number of rotatable bonds is 4. The van der Waals surface area contributed by atoms with Crippen LogP contribution in [0.15, 0.2) is 0 Å². The molecule has 1 atom stereocenters. The first kappa shape index (κ1) is 11.5. The van der Waals surface area contributed by atoms with Crippen LogP contribution in [0.3, 0.4) is 0 Å². The van der Waals surface area contributed by atoms with E-state index in [1.807, 2.05) is 4.90 Å². The molecule has 1 fully saturated rings. The summed E-state index contributed by atoms with van der Waals surface area (Å²) in [6, 6.07) is 0. The Morgan fingerprint density at radius 3 is 2.79 bits per heavy atom. The van der Waals surface area contributed by atoms with Crippen LogP contribution in [0.2, 0.25) is 0 Å². The number of carbonyl (C=O) groups excluding carboxylic acids is 1. The molecule has 1 saturated heterocycles. The Kier molecular flexibility index (Phi) is 4.94. The maximum Gasteiger partial charge on any atom is 0.226 e. The zero-order valence-corrected chi connectivity index (χ0v) is 9.38. The van der Waals surface area contributed by atoms with Crippen molar-refractivity contribution in [2.45, 2.75) is 33.1 Å². The van der Waals surface area contributed by atoms with Crippen molar-refractivity contribution in [2.75, 3.05) is 26.2 Å². The van der Waals surface area contributed by atoms with E-state index in [1.54, 1.807) is 0 Å². The number of carbonyl (C=O) groups is 1. The molecule has 3 heteroatoms. The second kappa shape index (κ2) is 6.02. The van der Waals surface area contributed by atoms with Gasteiger partial charge in [0.15, 0.2) is 0 Å². The van der Waals surface area contributed by atoms with Gasteiger partial charge in [0.1, 0.15) is 0 Å². The molecule has 1 aliphatic heterocycles. The molecular formula is C11H22N2O. The van der Waals surface area contributed by atoms with Crippen molar-refractivity contribution in [3.8, 4) is 0 Å². The Balaban J connectivity index is 2.43. The molecule has 1 heterocycles. The Morgan fingerprint density at radius 2 is 2.29 bits per heavy atom. The van der Waals surface area contributed by atoms with Crippen LogP contribution in [0.1, 0.15) is 33.1 Å². The van der Waals surface area contributed by atoms with Crippen molar-refractivity contribution in [3.63, 3.8) is 0 Å². The average Bonchev–Trinajstić information content (AvgIpc) is 2.26. The number of hydrogen-bond acceptors (Lipinski definition) is 2. The molecule has 1 unspecified atom stereocenters. The third-order valence-electron chi connectivity index (χ3n) is 2.83. The maximum absolute atomic E-state index is 12.0. The molecule has 0 aromatic rings. The van der Waals surface area contributed by atoms with Crippen LogP contribution in [0.25, 0.3) is 0 Å². The van der Waals surface area contributed by atoms with Crippen molar-refractivity contribution in [3.05, 3.63) is 0 Å². The molecule has 1 amide bonds. The molecule has 1 rings (SSSR count). The molecule has 1 N–H and O–H groups in total. The topological polar surface area (TPSA) is 32.3 Å². The van der Waals surface area contributed by atoms with E-state index in [-0.39, 0.29) is 5.92 Å². The van der Waals surface area contributed by atoms with Gasteiger partial charge in [-0.15, -0.1) is 0 Å². The number of hydrogen-bond donors (Lipinski definition) is 1. The van der Waals surface area contributed by atoms with Crippen molar-refractivity contribution in [2.24, 2.45) is 5.92 Å². The van der Waals surface area contributed by atoms with Gasteiger partial charge in [-0.2, -0.15) is 0 Å². The van der Waals surface area contributed by atoms with E-state index in [0.29, 0.717) is 5.91 Å². The quantitative estimate of drug-likeness (QED) is 0.737. The smallest absolute Gasteiger partial charge is 0.226 e. The zero-order valence-electron chi connectivity index (χ0n) is 9.38. The minimum absolute atomic E-state index is 0.232. The van der Waals surface area contributed by atoms with E-state index in [4.69, 9.17) is 0 Å². The zero-order chi connectivity index (χ0) is 10.4. The highest BCUT2D eigenvalue weighted by Gasteiger charge is 2.24. The fourth-order valence-corrected chi connectivity index (χ4v) is 2.01. The second-order valence-electron chi connectivity index (χ2n) is 3.96. The Hall–Kier alpha value is -0.570. The van der Waals surface area contributed by atoms with E-state index in [9.17, 15) is 4.79 Å². The van der Waals surface area contributed by atoms with Crippen LogP contribution < -0.4 is 5.32 Å². The van der Waals surface area contributed by atoms with Crippen LogP contribution in [-0.2, 0) is 4.79 Å². The van der Waals surface area contributed by atoms with Crippen LogP contribution in [-0.4, -0.2) is 37.0 Å². The number of amides is 1. The standard InChI is InChI=1S/C11H22N2O/c1-3-8-13(4-2)11(14)10-6-5-7-12-9-10/h10,12H,3-9H2,1-2H3. The molecule has 0 bridgehead atoms. The summed E-state index contributed by atoms with van der Waals surface area (Å²) in [7, 11) is 0. The average molecular weight is 198 g/mol. The molecule has 82 valence electrons.